The van der Waals surface area contributed by atoms with E-state index in [0.717, 1.165) is 37.6 Å². The maximum absolute atomic E-state index is 12.9. The predicted octanol–water partition coefficient (Wildman–Crippen LogP) is 1.98. The van der Waals surface area contributed by atoms with Gasteiger partial charge in [0.1, 0.15) is 0 Å². The van der Waals surface area contributed by atoms with Crippen molar-refractivity contribution in [3.63, 3.8) is 0 Å². The van der Waals surface area contributed by atoms with Gasteiger partial charge in [0.2, 0.25) is 15.9 Å². The summed E-state index contributed by atoms with van der Waals surface area (Å²) in [6, 6.07) is 7.29. The molecule has 1 saturated heterocycles. The second-order valence-corrected chi connectivity index (χ2v) is 8.00. The number of anilines is 2. The molecule has 0 spiro atoms. The van der Waals surface area contributed by atoms with Gasteiger partial charge >= 0.3 is 0 Å². The second kappa shape index (κ2) is 6.49. The topological polar surface area (TPSA) is 75.7 Å². The largest absolute Gasteiger partial charge is 0.381 e. The Morgan fingerprint density at radius 3 is 2.26 bits per heavy atom. The molecule has 1 N–H and O–H groups in total. The Hall–Kier alpha value is -1.60. The average molecular weight is 338 g/mol. The minimum absolute atomic E-state index is 0.0261. The first-order valence-electron chi connectivity index (χ1n) is 7.93. The van der Waals surface area contributed by atoms with Gasteiger partial charge in [-0.15, -0.1) is 0 Å². The summed E-state index contributed by atoms with van der Waals surface area (Å²) in [7, 11) is -3.29. The zero-order valence-corrected chi connectivity index (χ0v) is 14.0. The van der Waals surface area contributed by atoms with E-state index in [9.17, 15) is 13.2 Å². The van der Waals surface area contributed by atoms with Crippen molar-refractivity contribution in [2.45, 2.75) is 31.7 Å². The third-order valence-electron chi connectivity index (χ3n) is 4.17. The first-order valence-corrected chi connectivity index (χ1v) is 9.82. The Kier molecular flexibility index (Phi) is 4.59. The highest BCUT2D eigenvalue weighted by Gasteiger charge is 2.37. The number of ether oxygens (including phenoxy) is 1. The van der Waals surface area contributed by atoms with E-state index < -0.39 is 10.0 Å². The van der Waals surface area contributed by atoms with E-state index in [1.54, 1.807) is 12.1 Å². The molecular weight excluding hydrogens is 316 g/mol. The molecule has 2 fully saturated rings. The number of nitrogens with one attached hydrogen (secondary N) is 1. The van der Waals surface area contributed by atoms with Crippen molar-refractivity contribution in [3.05, 3.63) is 24.3 Å². The Morgan fingerprint density at radius 2 is 1.74 bits per heavy atom. The van der Waals surface area contributed by atoms with E-state index in [4.69, 9.17) is 4.74 Å². The van der Waals surface area contributed by atoms with Crippen molar-refractivity contribution in [1.82, 2.24) is 0 Å². The fourth-order valence-electron chi connectivity index (χ4n) is 2.90. The number of rotatable bonds is 5. The number of nitrogens with zero attached hydrogens (tertiary/aromatic N) is 1. The number of benzene rings is 1. The van der Waals surface area contributed by atoms with Crippen LogP contribution in [-0.4, -0.2) is 39.8 Å². The van der Waals surface area contributed by atoms with E-state index in [1.165, 1.54) is 0 Å². The van der Waals surface area contributed by atoms with Crippen LogP contribution in [0.2, 0.25) is 0 Å². The molecule has 3 rings (SSSR count). The standard InChI is InChI=1S/C16H22N2O4S/c1-23(20,21)17-13-2-4-14(5-3-13)18(15-6-7-15)16(19)12-8-10-22-11-9-12/h2-5,12,15,17H,6-11H2,1H3. The van der Waals surface area contributed by atoms with E-state index in [-0.39, 0.29) is 17.9 Å². The van der Waals surface area contributed by atoms with Crippen LogP contribution in [0.5, 0.6) is 0 Å². The highest BCUT2D eigenvalue weighted by Crippen LogP contribution is 2.35. The minimum atomic E-state index is -3.29. The van der Waals surface area contributed by atoms with Gasteiger partial charge in [-0.2, -0.15) is 0 Å². The van der Waals surface area contributed by atoms with E-state index >= 15 is 0 Å². The van der Waals surface area contributed by atoms with E-state index in [1.807, 2.05) is 17.0 Å². The lowest BCUT2D eigenvalue weighted by Crippen LogP contribution is -2.40. The Bertz CT molecular complexity index is 662. The lowest BCUT2D eigenvalue weighted by atomic mass is 9.98. The molecule has 0 unspecified atom stereocenters. The third kappa shape index (κ3) is 4.23. The van der Waals surface area contributed by atoms with Gasteiger partial charge in [-0.1, -0.05) is 0 Å². The highest BCUT2D eigenvalue weighted by atomic mass is 32.2. The molecule has 126 valence electrons. The summed E-state index contributed by atoms with van der Waals surface area (Å²) >= 11 is 0. The van der Waals surface area contributed by atoms with Crippen molar-refractivity contribution in [2.75, 3.05) is 29.1 Å². The maximum Gasteiger partial charge on any atom is 0.230 e. The number of hydrogen-bond acceptors (Lipinski definition) is 4. The number of amides is 1. The van der Waals surface area contributed by atoms with Crippen LogP contribution < -0.4 is 9.62 Å². The molecule has 1 saturated carbocycles. The van der Waals surface area contributed by atoms with Crippen molar-refractivity contribution in [3.8, 4) is 0 Å². The van der Waals surface area contributed by atoms with Gasteiger partial charge in [0.25, 0.3) is 0 Å². The first-order chi connectivity index (χ1) is 10.9. The van der Waals surface area contributed by atoms with Crippen LogP contribution in [0.1, 0.15) is 25.7 Å². The normalized spacial score (nSPS) is 19.3. The smallest absolute Gasteiger partial charge is 0.230 e. The third-order valence-corrected chi connectivity index (χ3v) is 4.78. The molecule has 1 aromatic rings. The molecule has 0 aromatic heterocycles. The molecule has 7 heteroatoms. The molecule has 1 amide bonds. The molecular formula is C16H22N2O4S. The first kappa shape index (κ1) is 16.3. The zero-order chi connectivity index (χ0) is 16.4. The van der Waals surface area contributed by atoms with Gasteiger partial charge in [-0.05, 0) is 49.9 Å². The molecule has 2 aliphatic rings. The monoisotopic (exact) mass is 338 g/mol. The van der Waals surface area contributed by atoms with E-state index in [0.29, 0.717) is 18.9 Å². The fourth-order valence-corrected chi connectivity index (χ4v) is 3.46. The highest BCUT2D eigenvalue weighted by molar-refractivity contribution is 7.92. The summed E-state index contributed by atoms with van der Waals surface area (Å²) in [5, 5.41) is 0. The summed E-state index contributed by atoms with van der Waals surface area (Å²) in [6.45, 7) is 1.29. The van der Waals surface area contributed by atoms with Gasteiger partial charge in [-0.25, -0.2) is 8.42 Å². The molecule has 1 heterocycles. The summed E-state index contributed by atoms with van der Waals surface area (Å²) in [5.74, 6) is 0.192. The van der Waals surface area contributed by atoms with Gasteiger partial charge in [0, 0.05) is 36.5 Å². The molecule has 0 atom stereocenters. The lowest BCUT2D eigenvalue weighted by Gasteiger charge is -2.29. The van der Waals surface area contributed by atoms with Crippen LogP contribution in [0.3, 0.4) is 0 Å². The van der Waals surface area contributed by atoms with Crippen LogP contribution in [-0.2, 0) is 19.6 Å². The molecule has 1 aliphatic heterocycles. The fraction of sp³-hybridized carbons (Fsp3) is 0.562. The SMILES string of the molecule is CS(=O)(=O)Nc1ccc(N(C(=O)C2CCOCC2)C2CC2)cc1. The Morgan fingerprint density at radius 1 is 1.13 bits per heavy atom. The number of carbonyl (C=O) groups is 1. The van der Waals surface area contributed by atoms with E-state index in [2.05, 4.69) is 4.72 Å². The molecule has 0 radical (unpaired) electrons. The van der Waals surface area contributed by atoms with Gasteiger partial charge < -0.3 is 9.64 Å². The lowest BCUT2D eigenvalue weighted by molar-refractivity contribution is -0.125. The molecule has 23 heavy (non-hydrogen) atoms. The van der Waals surface area contributed by atoms with Gasteiger partial charge in [0.15, 0.2) is 0 Å². The van der Waals surface area contributed by atoms with Gasteiger partial charge in [0.05, 0.1) is 6.26 Å². The summed E-state index contributed by atoms with van der Waals surface area (Å²) < 4.78 is 30.3. The number of sulfonamides is 1. The van der Waals surface area contributed by atoms with Crippen LogP contribution in [0.4, 0.5) is 11.4 Å². The molecule has 0 bridgehead atoms. The average Bonchev–Trinajstić information content (AvgIpc) is 3.33. The Balaban J connectivity index is 1.77. The minimum Gasteiger partial charge on any atom is -0.381 e. The number of hydrogen-bond donors (Lipinski definition) is 1. The van der Waals surface area contributed by atoms with Crippen LogP contribution in [0, 0.1) is 5.92 Å². The zero-order valence-electron chi connectivity index (χ0n) is 13.2. The Labute approximate surface area is 136 Å². The van der Waals surface area contributed by atoms with Crippen molar-refractivity contribution >= 4 is 27.3 Å². The van der Waals surface area contributed by atoms with Crippen LogP contribution in [0.25, 0.3) is 0 Å². The van der Waals surface area contributed by atoms with Crippen molar-refractivity contribution in [1.29, 1.82) is 0 Å². The van der Waals surface area contributed by atoms with Crippen molar-refractivity contribution in [2.24, 2.45) is 5.92 Å². The van der Waals surface area contributed by atoms with Crippen LogP contribution in [0.15, 0.2) is 24.3 Å². The molecule has 1 aromatic carbocycles. The summed E-state index contributed by atoms with van der Waals surface area (Å²) in [6.07, 6.45) is 4.72. The second-order valence-electron chi connectivity index (χ2n) is 6.25. The van der Waals surface area contributed by atoms with Gasteiger partial charge in [-0.3, -0.25) is 9.52 Å². The van der Waals surface area contributed by atoms with Crippen LogP contribution >= 0.6 is 0 Å². The molecule has 1 aliphatic carbocycles. The van der Waals surface area contributed by atoms with Crippen molar-refractivity contribution < 1.29 is 17.9 Å². The maximum atomic E-state index is 12.9. The molecule has 6 nitrogen and oxygen atoms in total. The quantitative estimate of drug-likeness (QED) is 0.891. The summed E-state index contributed by atoms with van der Waals surface area (Å²) in [4.78, 5) is 14.7. The number of carbonyl (C=O) groups excluding carboxylic acids is 1. The predicted molar refractivity (Wildman–Crippen MR) is 89.0 cm³/mol. The summed E-state index contributed by atoms with van der Waals surface area (Å²) in [5.41, 5.74) is 1.34.